The molecule has 1 N–H and O–H groups in total. The van der Waals surface area contributed by atoms with E-state index in [1.807, 2.05) is 0 Å². The molecule has 0 radical (unpaired) electrons. The molecular formula is C11H22N2O3S. The lowest BCUT2D eigenvalue weighted by Gasteiger charge is -2.26. The molecule has 0 aromatic carbocycles. The molecule has 0 aromatic rings. The molecule has 2 rings (SSSR count). The van der Waals surface area contributed by atoms with E-state index in [1.165, 1.54) is 17.1 Å². The Bertz CT molecular complexity index is 348. The molecule has 0 aromatic heterocycles. The Labute approximate surface area is 104 Å². The lowest BCUT2D eigenvalue weighted by Crippen LogP contribution is -2.45. The molecule has 0 spiro atoms. The van der Waals surface area contributed by atoms with Gasteiger partial charge < -0.3 is 10.1 Å². The largest absolute Gasteiger partial charge is 0.380 e. The maximum absolute atomic E-state index is 12.3. The fourth-order valence-electron chi connectivity index (χ4n) is 2.03. The molecule has 2 atom stereocenters. The summed E-state index contributed by atoms with van der Waals surface area (Å²) >= 11 is 0. The van der Waals surface area contributed by atoms with Crippen molar-refractivity contribution < 1.29 is 13.2 Å². The molecule has 1 saturated heterocycles. The summed E-state index contributed by atoms with van der Waals surface area (Å²) in [6, 6.07) is 0.566. The summed E-state index contributed by atoms with van der Waals surface area (Å²) in [5.41, 5.74) is 0. The maximum atomic E-state index is 12.3. The van der Waals surface area contributed by atoms with Crippen LogP contribution in [0, 0.1) is 0 Å². The first kappa shape index (κ1) is 13.3. The van der Waals surface area contributed by atoms with E-state index in [0.29, 0.717) is 25.8 Å². The minimum absolute atomic E-state index is 0.0170. The van der Waals surface area contributed by atoms with Crippen LogP contribution in [0.2, 0.25) is 0 Å². The average Bonchev–Trinajstić information content (AvgIpc) is 2.97. The lowest BCUT2D eigenvalue weighted by atomic mass is 10.3. The third-order valence-corrected chi connectivity index (χ3v) is 5.89. The normalized spacial score (nSPS) is 27.6. The van der Waals surface area contributed by atoms with Crippen LogP contribution in [-0.4, -0.2) is 56.9 Å². The molecule has 1 saturated carbocycles. The van der Waals surface area contributed by atoms with Gasteiger partial charge in [-0.1, -0.05) is 0 Å². The topological polar surface area (TPSA) is 58.6 Å². The molecule has 2 unspecified atom stereocenters. The fourth-order valence-corrected chi connectivity index (χ4v) is 3.48. The Morgan fingerprint density at radius 3 is 2.65 bits per heavy atom. The van der Waals surface area contributed by atoms with Crippen molar-refractivity contribution >= 4 is 10.0 Å². The standard InChI is InChI=1S/C11H22N2O3S/c1-9(7-12-10-3-4-10)17(14,15)13(2)11-5-6-16-8-11/h9-12H,3-8H2,1-2H3. The molecule has 1 aliphatic carbocycles. The molecule has 2 fully saturated rings. The highest BCUT2D eigenvalue weighted by Gasteiger charge is 2.34. The van der Waals surface area contributed by atoms with Crippen LogP contribution in [0.5, 0.6) is 0 Å². The third kappa shape index (κ3) is 3.19. The van der Waals surface area contributed by atoms with Crippen molar-refractivity contribution in [2.24, 2.45) is 0 Å². The van der Waals surface area contributed by atoms with Gasteiger partial charge >= 0.3 is 0 Å². The van der Waals surface area contributed by atoms with Gasteiger partial charge in [0.05, 0.1) is 17.9 Å². The predicted octanol–water partition coefficient (Wildman–Crippen LogP) is 0.177. The molecular weight excluding hydrogens is 240 g/mol. The second-order valence-corrected chi connectivity index (χ2v) is 7.48. The summed E-state index contributed by atoms with van der Waals surface area (Å²) in [6.45, 7) is 3.51. The Kier molecular flexibility index (Phi) is 4.07. The highest BCUT2D eigenvalue weighted by Crippen LogP contribution is 2.20. The summed E-state index contributed by atoms with van der Waals surface area (Å²) in [4.78, 5) is 0. The molecule has 1 aliphatic heterocycles. The number of hydrogen-bond donors (Lipinski definition) is 1. The van der Waals surface area contributed by atoms with E-state index in [-0.39, 0.29) is 11.3 Å². The number of likely N-dealkylation sites (N-methyl/N-ethyl adjacent to an activating group) is 1. The van der Waals surface area contributed by atoms with E-state index >= 15 is 0 Å². The second kappa shape index (κ2) is 5.22. The van der Waals surface area contributed by atoms with Crippen molar-refractivity contribution in [1.29, 1.82) is 0 Å². The minimum Gasteiger partial charge on any atom is -0.380 e. The molecule has 0 amide bonds. The summed E-state index contributed by atoms with van der Waals surface area (Å²) in [6.07, 6.45) is 3.16. The van der Waals surface area contributed by atoms with Crippen LogP contribution in [0.15, 0.2) is 0 Å². The number of nitrogens with zero attached hydrogens (tertiary/aromatic N) is 1. The maximum Gasteiger partial charge on any atom is 0.218 e. The van der Waals surface area contributed by atoms with E-state index < -0.39 is 10.0 Å². The SMILES string of the molecule is CC(CNC1CC1)S(=O)(=O)N(C)C1CCOC1. The Morgan fingerprint density at radius 1 is 1.41 bits per heavy atom. The van der Waals surface area contributed by atoms with Crippen LogP contribution in [0.4, 0.5) is 0 Å². The number of hydrogen-bond acceptors (Lipinski definition) is 4. The van der Waals surface area contributed by atoms with Gasteiger partial charge in [-0.15, -0.1) is 0 Å². The van der Waals surface area contributed by atoms with E-state index in [0.717, 1.165) is 6.42 Å². The van der Waals surface area contributed by atoms with Gasteiger partial charge in [-0.25, -0.2) is 8.42 Å². The van der Waals surface area contributed by atoms with Crippen molar-refractivity contribution in [3.05, 3.63) is 0 Å². The van der Waals surface area contributed by atoms with Crippen molar-refractivity contribution in [1.82, 2.24) is 9.62 Å². The molecule has 1 heterocycles. The van der Waals surface area contributed by atoms with Crippen molar-refractivity contribution in [3.8, 4) is 0 Å². The highest BCUT2D eigenvalue weighted by atomic mass is 32.2. The van der Waals surface area contributed by atoms with Gasteiger partial charge in [0, 0.05) is 26.2 Å². The summed E-state index contributed by atoms with van der Waals surface area (Å²) in [5, 5.41) is 2.90. The average molecular weight is 262 g/mol. The molecule has 2 aliphatic rings. The number of ether oxygens (including phenoxy) is 1. The first-order valence-electron chi connectivity index (χ1n) is 6.30. The van der Waals surface area contributed by atoms with E-state index in [1.54, 1.807) is 14.0 Å². The van der Waals surface area contributed by atoms with Gasteiger partial charge in [-0.2, -0.15) is 4.31 Å². The van der Waals surface area contributed by atoms with E-state index in [9.17, 15) is 8.42 Å². The fraction of sp³-hybridized carbons (Fsp3) is 1.00. The molecule has 17 heavy (non-hydrogen) atoms. The van der Waals surface area contributed by atoms with Crippen LogP contribution < -0.4 is 5.32 Å². The highest BCUT2D eigenvalue weighted by molar-refractivity contribution is 7.89. The van der Waals surface area contributed by atoms with Gasteiger partial charge in [0.15, 0.2) is 0 Å². The minimum atomic E-state index is -3.20. The van der Waals surface area contributed by atoms with Gasteiger partial charge in [0.2, 0.25) is 10.0 Å². The summed E-state index contributed by atoms with van der Waals surface area (Å²) < 4.78 is 31.3. The van der Waals surface area contributed by atoms with Crippen LogP contribution in [0.3, 0.4) is 0 Å². The van der Waals surface area contributed by atoms with Crippen LogP contribution >= 0.6 is 0 Å². The monoisotopic (exact) mass is 262 g/mol. The van der Waals surface area contributed by atoms with Crippen LogP contribution in [0.25, 0.3) is 0 Å². The van der Waals surface area contributed by atoms with Gasteiger partial charge in [0.1, 0.15) is 0 Å². The number of rotatable bonds is 6. The Hall–Kier alpha value is -0.170. The first-order chi connectivity index (χ1) is 8.01. The lowest BCUT2D eigenvalue weighted by molar-refractivity contribution is 0.180. The first-order valence-corrected chi connectivity index (χ1v) is 7.80. The van der Waals surface area contributed by atoms with E-state index in [4.69, 9.17) is 4.74 Å². The molecule has 0 bridgehead atoms. The zero-order chi connectivity index (χ0) is 12.5. The predicted molar refractivity (Wildman–Crippen MR) is 66.4 cm³/mol. The van der Waals surface area contributed by atoms with Gasteiger partial charge in [-0.05, 0) is 26.2 Å². The quantitative estimate of drug-likeness (QED) is 0.742. The van der Waals surface area contributed by atoms with Crippen molar-refractivity contribution in [3.63, 3.8) is 0 Å². The zero-order valence-corrected chi connectivity index (χ0v) is 11.4. The van der Waals surface area contributed by atoms with Gasteiger partial charge in [-0.3, -0.25) is 0 Å². The third-order valence-electron chi connectivity index (χ3n) is 3.60. The summed E-state index contributed by atoms with van der Waals surface area (Å²) in [7, 11) is -1.53. The number of sulfonamides is 1. The van der Waals surface area contributed by atoms with Crippen LogP contribution in [-0.2, 0) is 14.8 Å². The molecule has 6 heteroatoms. The molecule has 5 nitrogen and oxygen atoms in total. The van der Waals surface area contributed by atoms with Crippen molar-refractivity contribution in [2.45, 2.75) is 43.5 Å². The van der Waals surface area contributed by atoms with Crippen LogP contribution in [0.1, 0.15) is 26.2 Å². The molecule has 100 valence electrons. The Morgan fingerprint density at radius 2 is 2.12 bits per heavy atom. The van der Waals surface area contributed by atoms with E-state index in [2.05, 4.69) is 5.32 Å². The smallest absolute Gasteiger partial charge is 0.218 e. The van der Waals surface area contributed by atoms with Gasteiger partial charge in [0.25, 0.3) is 0 Å². The second-order valence-electron chi connectivity index (χ2n) is 5.07. The zero-order valence-electron chi connectivity index (χ0n) is 10.6. The Balaban J connectivity index is 1.90. The summed E-state index contributed by atoms with van der Waals surface area (Å²) in [5.74, 6) is 0. The number of nitrogens with one attached hydrogen (secondary N) is 1. The van der Waals surface area contributed by atoms with Crippen molar-refractivity contribution in [2.75, 3.05) is 26.8 Å².